The van der Waals surface area contributed by atoms with Crippen LogP contribution in [0.15, 0.2) is 22.7 Å². The summed E-state index contributed by atoms with van der Waals surface area (Å²) in [4.78, 5) is 1.96. The molecule has 1 rings (SSSR count). The first-order chi connectivity index (χ1) is 7.00. The Labute approximate surface area is 97.8 Å². The molecule has 0 bridgehead atoms. The van der Waals surface area contributed by atoms with E-state index in [4.69, 9.17) is 0 Å². The summed E-state index contributed by atoms with van der Waals surface area (Å²) in [6.07, 6.45) is -0.217. The SMILES string of the molecule is CN(C)CCC(O)c1cc(Br)ccc1F. The van der Waals surface area contributed by atoms with E-state index in [2.05, 4.69) is 15.9 Å². The molecule has 0 aliphatic carbocycles. The molecule has 0 radical (unpaired) electrons. The van der Waals surface area contributed by atoms with E-state index in [1.165, 1.54) is 6.07 Å². The Morgan fingerprint density at radius 1 is 1.47 bits per heavy atom. The Hall–Kier alpha value is -0.450. The van der Waals surface area contributed by atoms with Crippen molar-refractivity contribution >= 4 is 15.9 Å². The Morgan fingerprint density at radius 2 is 2.13 bits per heavy atom. The van der Waals surface area contributed by atoms with Gasteiger partial charge in [-0.05, 0) is 38.7 Å². The van der Waals surface area contributed by atoms with Gasteiger partial charge >= 0.3 is 0 Å². The highest BCUT2D eigenvalue weighted by atomic mass is 79.9. The lowest BCUT2D eigenvalue weighted by Crippen LogP contribution is -2.16. The van der Waals surface area contributed by atoms with E-state index < -0.39 is 6.10 Å². The van der Waals surface area contributed by atoms with Gasteiger partial charge in [0.05, 0.1) is 6.10 Å². The lowest BCUT2D eigenvalue weighted by Gasteiger charge is -2.15. The van der Waals surface area contributed by atoms with Crippen molar-refractivity contribution in [1.29, 1.82) is 0 Å². The smallest absolute Gasteiger partial charge is 0.129 e. The molecule has 0 fully saturated rings. The molecule has 1 aromatic carbocycles. The van der Waals surface area contributed by atoms with Crippen LogP contribution in [0.1, 0.15) is 18.1 Å². The molecule has 1 aromatic rings. The van der Waals surface area contributed by atoms with Crippen LogP contribution in [0.4, 0.5) is 4.39 Å². The average Bonchev–Trinajstić information content (AvgIpc) is 2.18. The van der Waals surface area contributed by atoms with Crippen LogP contribution in [0.5, 0.6) is 0 Å². The minimum atomic E-state index is -0.745. The fourth-order valence-corrected chi connectivity index (χ4v) is 1.68. The fourth-order valence-electron chi connectivity index (χ4n) is 1.31. The van der Waals surface area contributed by atoms with Gasteiger partial charge in [0.1, 0.15) is 5.82 Å². The summed E-state index contributed by atoms with van der Waals surface area (Å²) in [6, 6.07) is 4.60. The second kappa shape index (κ2) is 5.58. The van der Waals surface area contributed by atoms with Crippen molar-refractivity contribution in [3.05, 3.63) is 34.1 Å². The Balaban J connectivity index is 2.72. The maximum Gasteiger partial charge on any atom is 0.129 e. The molecule has 0 saturated heterocycles. The predicted octanol–water partition coefficient (Wildman–Crippen LogP) is 2.57. The molecule has 0 aliphatic heterocycles. The van der Waals surface area contributed by atoms with Crippen molar-refractivity contribution in [2.24, 2.45) is 0 Å². The third-order valence-corrected chi connectivity index (χ3v) is 2.66. The summed E-state index contributed by atoms with van der Waals surface area (Å²) in [5.74, 6) is -0.357. The predicted molar refractivity (Wildman–Crippen MR) is 62.2 cm³/mol. The minimum Gasteiger partial charge on any atom is -0.388 e. The van der Waals surface area contributed by atoms with Crippen LogP contribution in [-0.4, -0.2) is 30.6 Å². The maximum atomic E-state index is 13.4. The van der Waals surface area contributed by atoms with Gasteiger partial charge in [0.15, 0.2) is 0 Å². The molecule has 1 atom stereocenters. The number of hydrogen-bond donors (Lipinski definition) is 1. The highest BCUT2D eigenvalue weighted by molar-refractivity contribution is 9.10. The van der Waals surface area contributed by atoms with Crippen molar-refractivity contribution in [2.45, 2.75) is 12.5 Å². The van der Waals surface area contributed by atoms with E-state index in [1.54, 1.807) is 12.1 Å². The zero-order valence-corrected chi connectivity index (χ0v) is 10.5. The topological polar surface area (TPSA) is 23.5 Å². The fraction of sp³-hybridized carbons (Fsp3) is 0.455. The molecule has 0 aliphatic rings. The molecule has 1 N–H and O–H groups in total. The monoisotopic (exact) mass is 275 g/mol. The Morgan fingerprint density at radius 3 is 2.73 bits per heavy atom. The van der Waals surface area contributed by atoms with E-state index in [-0.39, 0.29) is 5.82 Å². The molecule has 0 heterocycles. The van der Waals surface area contributed by atoms with Crippen molar-refractivity contribution < 1.29 is 9.50 Å². The zero-order valence-electron chi connectivity index (χ0n) is 8.87. The van der Waals surface area contributed by atoms with Gasteiger partial charge in [-0.2, -0.15) is 0 Å². The molecule has 1 unspecified atom stereocenters. The van der Waals surface area contributed by atoms with Gasteiger partial charge < -0.3 is 10.0 Å². The summed E-state index contributed by atoms with van der Waals surface area (Å²) in [5, 5.41) is 9.79. The quantitative estimate of drug-likeness (QED) is 0.913. The largest absolute Gasteiger partial charge is 0.388 e. The number of nitrogens with zero attached hydrogens (tertiary/aromatic N) is 1. The number of rotatable bonds is 4. The lowest BCUT2D eigenvalue weighted by molar-refractivity contribution is 0.150. The minimum absolute atomic E-state index is 0.353. The number of hydrogen-bond acceptors (Lipinski definition) is 2. The first-order valence-corrected chi connectivity index (χ1v) is 5.57. The Kier molecular flexibility index (Phi) is 4.70. The molecular weight excluding hydrogens is 261 g/mol. The van der Waals surface area contributed by atoms with Gasteiger partial charge in [-0.1, -0.05) is 15.9 Å². The molecular formula is C11H15BrFNO. The van der Waals surface area contributed by atoms with E-state index >= 15 is 0 Å². The van der Waals surface area contributed by atoms with Crippen molar-refractivity contribution in [2.75, 3.05) is 20.6 Å². The average molecular weight is 276 g/mol. The summed E-state index contributed by atoms with van der Waals surface area (Å²) < 4.78 is 14.1. The van der Waals surface area contributed by atoms with Crippen molar-refractivity contribution in [1.82, 2.24) is 4.90 Å². The van der Waals surface area contributed by atoms with Crippen LogP contribution in [0.2, 0.25) is 0 Å². The van der Waals surface area contributed by atoms with Gasteiger partial charge in [0.25, 0.3) is 0 Å². The summed E-state index contributed by atoms with van der Waals surface area (Å²) in [6.45, 7) is 0.729. The molecule has 2 nitrogen and oxygen atoms in total. The standard InChI is InChI=1S/C11H15BrFNO/c1-14(2)6-5-11(15)9-7-8(12)3-4-10(9)13/h3-4,7,11,15H,5-6H2,1-2H3. The summed E-state index contributed by atoms with van der Waals surface area (Å²) >= 11 is 3.26. The van der Waals surface area contributed by atoms with Gasteiger partial charge in [0, 0.05) is 16.6 Å². The second-order valence-corrected chi connectivity index (χ2v) is 4.69. The number of halogens is 2. The molecule has 0 amide bonds. The summed E-state index contributed by atoms with van der Waals surface area (Å²) in [5.41, 5.74) is 0.353. The third-order valence-electron chi connectivity index (χ3n) is 2.17. The second-order valence-electron chi connectivity index (χ2n) is 3.77. The first-order valence-electron chi connectivity index (χ1n) is 4.78. The van der Waals surface area contributed by atoms with Crippen LogP contribution in [0, 0.1) is 5.82 Å². The third kappa shape index (κ3) is 3.89. The van der Waals surface area contributed by atoms with Gasteiger partial charge in [-0.3, -0.25) is 0 Å². The Bertz CT molecular complexity index is 330. The van der Waals surface area contributed by atoms with Gasteiger partial charge in [-0.15, -0.1) is 0 Å². The molecule has 84 valence electrons. The van der Waals surface area contributed by atoms with E-state index in [0.717, 1.165) is 11.0 Å². The molecule has 15 heavy (non-hydrogen) atoms. The summed E-state index contributed by atoms with van der Waals surface area (Å²) in [7, 11) is 3.84. The van der Waals surface area contributed by atoms with Crippen LogP contribution in [0.25, 0.3) is 0 Å². The maximum absolute atomic E-state index is 13.4. The number of aliphatic hydroxyl groups excluding tert-OH is 1. The zero-order chi connectivity index (χ0) is 11.4. The van der Waals surface area contributed by atoms with Gasteiger partial charge in [-0.25, -0.2) is 4.39 Å². The van der Waals surface area contributed by atoms with E-state index in [0.29, 0.717) is 12.0 Å². The number of aliphatic hydroxyl groups is 1. The van der Waals surface area contributed by atoms with Crippen molar-refractivity contribution in [3.63, 3.8) is 0 Å². The number of benzene rings is 1. The van der Waals surface area contributed by atoms with Gasteiger partial charge in [0.2, 0.25) is 0 Å². The highest BCUT2D eigenvalue weighted by Gasteiger charge is 2.13. The first kappa shape index (κ1) is 12.6. The van der Waals surface area contributed by atoms with Crippen molar-refractivity contribution in [3.8, 4) is 0 Å². The van der Waals surface area contributed by atoms with Crippen LogP contribution in [0.3, 0.4) is 0 Å². The molecule has 0 aromatic heterocycles. The lowest BCUT2D eigenvalue weighted by atomic mass is 10.1. The molecule has 0 saturated carbocycles. The highest BCUT2D eigenvalue weighted by Crippen LogP contribution is 2.23. The van der Waals surface area contributed by atoms with E-state index in [9.17, 15) is 9.50 Å². The van der Waals surface area contributed by atoms with Crippen LogP contribution >= 0.6 is 15.9 Å². The molecule has 4 heteroatoms. The van der Waals surface area contributed by atoms with Crippen LogP contribution < -0.4 is 0 Å². The van der Waals surface area contributed by atoms with Crippen LogP contribution in [-0.2, 0) is 0 Å². The van der Waals surface area contributed by atoms with E-state index in [1.807, 2.05) is 19.0 Å². The normalized spacial score (nSPS) is 13.2. The molecule has 0 spiro atoms.